The highest BCUT2D eigenvalue weighted by atomic mass is 16.1. The number of rotatable bonds is 3. The standard InChI is InChI=1S/C23H27N5O/c1-16-4-3-10-28(13-16)23-25-21-8-11-27(15-19(21)22(29)26-23)14-17-6-7-20-18(12-17)5-2-9-24-20/h2,5-7,9,12,16H,3-4,8,10-11,13-15H2,1H3,(H,25,26,29)/t16-/m0/s1. The van der Waals surface area contributed by atoms with Crippen molar-refractivity contribution in [1.29, 1.82) is 0 Å². The molecular weight excluding hydrogens is 362 g/mol. The van der Waals surface area contributed by atoms with Crippen LogP contribution >= 0.6 is 0 Å². The van der Waals surface area contributed by atoms with Crippen molar-refractivity contribution in [2.75, 3.05) is 24.5 Å². The Kier molecular flexibility index (Phi) is 4.79. The summed E-state index contributed by atoms with van der Waals surface area (Å²) in [6.45, 7) is 6.63. The molecule has 1 aromatic carbocycles. The molecule has 3 aromatic rings. The maximum absolute atomic E-state index is 12.8. The van der Waals surface area contributed by atoms with Crippen LogP contribution in [0.3, 0.4) is 0 Å². The topological polar surface area (TPSA) is 65.1 Å². The number of aromatic amines is 1. The summed E-state index contributed by atoms with van der Waals surface area (Å²) >= 11 is 0. The van der Waals surface area contributed by atoms with Gasteiger partial charge in [0, 0.05) is 50.7 Å². The molecule has 1 fully saturated rings. The first kappa shape index (κ1) is 18.3. The van der Waals surface area contributed by atoms with E-state index in [0.717, 1.165) is 67.1 Å². The third-order valence-corrected chi connectivity index (χ3v) is 6.17. The van der Waals surface area contributed by atoms with Crippen molar-refractivity contribution in [3.63, 3.8) is 0 Å². The van der Waals surface area contributed by atoms with Crippen LogP contribution in [0.4, 0.5) is 5.95 Å². The van der Waals surface area contributed by atoms with Crippen LogP contribution in [0.15, 0.2) is 41.3 Å². The van der Waals surface area contributed by atoms with Gasteiger partial charge in [-0.2, -0.15) is 0 Å². The third-order valence-electron chi connectivity index (χ3n) is 6.17. The number of fused-ring (bicyclic) bond motifs is 2. The number of aromatic nitrogens is 3. The number of nitrogens with zero attached hydrogens (tertiary/aromatic N) is 4. The van der Waals surface area contributed by atoms with Crippen molar-refractivity contribution in [3.05, 3.63) is 63.7 Å². The second-order valence-electron chi connectivity index (χ2n) is 8.50. The van der Waals surface area contributed by atoms with E-state index in [-0.39, 0.29) is 5.56 Å². The minimum Gasteiger partial charge on any atom is -0.342 e. The Hall–Kier alpha value is -2.73. The lowest BCUT2D eigenvalue weighted by molar-refractivity contribution is 0.242. The van der Waals surface area contributed by atoms with Crippen LogP contribution in [0.25, 0.3) is 10.9 Å². The van der Waals surface area contributed by atoms with Gasteiger partial charge in [0.2, 0.25) is 5.95 Å². The van der Waals surface area contributed by atoms with Crippen molar-refractivity contribution in [3.8, 4) is 0 Å². The van der Waals surface area contributed by atoms with Crippen LogP contribution in [-0.4, -0.2) is 39.5 Å². The number of piperidine rings is 1. The molecule has 2 aliphatic heterocycles. The van der Waals surface area contributed by atoms with Gasteiger partial charge in [-0.25, -0.2) is 4.98 Å². The second kappa shape index (κ2) is 7.59. The predicted octanol–water partition coefficient (Wildman–Crippen LogP) is 3.11. The molecule has 1 saturated heterocycles. The monoisotopic (exact) mass is 389 g/mol. The van der Waals surface area contributed by atoms with Crippen LogP contribution in [-0.2, 0) is 19.5 Å². The third kappa shape index (κ3) is 3.77. The summed E-state index contributed by atoms with van der Waals surface area (Å²) in [6, 6.07) is 10.5. The van der Waals surface area contributed by atoms with E-state index in [2.05, 4.69) is 51.0 Å². The quantitative estimate of drug-likeness (QED) is 0.746. The first-order valence-corrected chi connectivity index (χ1v) is 10.6. The average Bonchev–Trinajstić information content (AvgIpc) is 2.74. The fourth-order valence-corrected chi connectivity index (χ4v) is 4.62. The van der Waals surface area contributed by atoms with E-state index in [0.29, 0.717) is 12.5 Å². The molecule has 6 nitrogen and oxygen atoms in total. The first-order valence-electron chi connectivity index (χ1n) is 10.6. The lowest BCUT2D eigenvalue weighted by Crippen LogP contribution is -2.39. The number of pyridine rings is 1. The van der Waals surface area contributed by atoms with Crippen LogP contribution < -0.4 is 10.5 Å². The normalized spacial score (nSPS) is 20.0. The molecule has 0 bridgehead atoms. The number of hydrogen-bond donors (Lipinski definition) is 1. The summed E-state index contributed by atoms with van der Waals surface area (Å²) in [6.07, 6.45) is 5.06. The molecule has 2 aromatic heterocycles. The van der Waals surface area contributed by atoms with Crippen molar-refractivity contribution < 1.29 is 0 Å². The molecule has 0 saturated carbocycles. The van der Waals surface area contributed by atoms with Gasteiger partial charge in [0.05, 0.1) is 16.8 Å². The van der Waals surface area contributed by atoms with Crippen LogP contribution in [0, 0.1) is 5.92 Å². The Morgan fingerprint density at radius 2 is 2.17 bits per heavy atom. The van der Waals surface area contributed by atoms with Gasteiger partial charge in [0.15, 0.2) is 0 Å². The Balaban J connectivity index is 1.34. The van der Waals surface area contributed by atoms with E-state index in [1.54, 1.807) is 0 Å². The Labute approximate surface area is 170 Å². The Morgan fingerprint density at radius 3 is 3.07 bits per heavy atom. The fourth-order valence-electron chi connectivity index (χ4n) is 4.62. The molecule has 1 N–H and O–H groups in total. The average molecular weight is 390 g/mol. The Bertz CT molecular complexity index is 1090. The smallest absolute Gasteiger partial charge is 0.257 e. The van der Waals surface area contributed by atoms with Gasteiger partial charge in [-0.15, -0.1) is 0 Å². The number of anilines is 1. The van der Waals surface area contributed by atoms with Gasteiger partial charge in [-0.1, -0.05) is 19.1 Å². The van der Waals surface area contributed by atoms with E-state index in [4.69, 9.17) is 4.98 Å². The van der Waals surface area contributed by atoms with Crippen molar-refractivity contribution in [2.45, 2.75) is 39.3 Å². The zero-order valence-corrected chi connectivity index (χ0v) is 16.9. The minimum atomic E-state index is 0.0237. The van der Waals surface area contributed by atoms with Crippen LogP contribution in [0.2, 0.25) is 0 Å². The van der Waals surface area contributed by atoms with Gasteiger partial charge >= 0.3 is 0 Å². The highest BCUT2D eigenvalue weighted by Gasteiger charge is 2.24. The molecule has 2 aliphatic rings. The van der Waals surface area contributed by atoms with E-state index >= 15 is 0 Å². The largest absolute Gasteiger partial charge is 0.342 e. The lowest BCUT2D eigenvalue weighted by Gasteiger charge is -2.33. The number of nitrogens with one attached hydrogen (secondary N) is 1. The molecule has 0 amide bonds. The summed E-state index contributed by atoms with van der Waals surface area (Å²) in [5.74, 6) is 1.41. The number of benzene rings is 1. The molecule has 1 atom stereocenters. The molecule has 0 spiro atoms. The van der Waals surface area contributed by atoms with Gasteiger partial charge in [-0.3, -0.25) is 19.7 Å². The summed E-state index contributed by atoms with van der Waals surface area (Å²) in [4.78, 5) is 29.7. The SMILES string of the molecule is C[C@H]1CCCN(c2nc3c(c(=O)[nH]2)CN(Cc2ccc4ncccc4c2)CC3)C1. The molecule has 4 heterocycles. The second-order valence-corrected chi connectivity index (χ2v) is 8.50. The molecule has 5 rings (SSSR count). The van der Waals surface area contributed by atoms with Gasteiger partial charge in [0.25, 0.3) is 5.56 Å². The molecule has 29 heavy (non-hydrogen) atoms. The van der Waals surface area contributed by atoms with Crippen molar-refractivity contribution in [1.82, 2.24) is 19.9 Å². The molecule has 0 radical (unpaired) electrons. The summed E-state index contributed by atoms with van der Waals surface area (Å²) < 4.78 is 0. The van der Waals surface area contributed by atoms with Gasteiger partial charge in [-0.05, 0) is 42.5 Å². The zero-order valence-electron chi connectivity index (χ0n) is 16.9. The molecule has 0 unspecified atom stereocenters. The molecule has 0 aliphatic carbocycles. The maximum atomic E-state index is 12.8. The minimum absolute atomic E-state index is 0.0237. The first-order chi connectivity index (χ1) is 14.2. The van der Waals surface area contributed by atoms with E-state index in [1.165, 1.54) is 12.0 Å². The summed E-state index contributed by atoms with van der Waals surface area (Å²) in [5, 5.41) is 1.15. The van der Waals surface area contributed by atoms with E-state index in [9.17, 15) is 4.79 Å². The fraction of sp³-hybridized carbons (Fsp3) is 0.435. The van der Waals surface area contributed by atoms with E-state index < -0.39 is 0 Å². The Morgan fingerprint density at radius 1 is 1.24 bits per heavy atom. The zero-order chi connectivity index (χ0) is 19.8. The summed E-state index contributed by atoms with van der Waals surface area (Å²) in [5.41, 5.74) is 4.08. The number of H-pyrrole nitrogens is 1. The van der Waals surface area contributed by atoms with E-state index in [1.807, 2.05) is 12.3 Å². The van der Waals surface area contributed by atoms with Crippen molar-refractivity contribution in [2.24, 2.45) is 5.92 Å². The lowest BCUT2D eigenvalue weighted by atomic mass is 10.0. The van der Waals surface area contributed by atoms with Crippen molar-refractivity contribution >= 4 is 16.9 Å². The van der Waals surface area contributed by atoms with Crippen LogP contribution in [0.5, 0.6) is 0 Å². The highest BCUT2D eigenvalue weighted by Crippen LogP contribution is 2.23. The van der Waals surface area contributed by atoms with Gasteiger partial charge in [0.1, 0.15) is 0 Å². The summed E-state index contributed by atoms with van der Waals surface area (Å²) in [7, 11) is 0. The number of hydrogen-bond acceptors (Lipinski definition) is 5. The predicted molar refractivity (Wildman–Crippen MR) is 115 cm³/mol. The highest BCUT2D eigenvalue weighted by molar-refractivity contribution is 5.78. The van der Waals surface area contributed by atoms with Gasteiger partial charge < -0.3 is 4.90 Å². The molecule has 6 heteroatoms. The molecule has 150 valence electrons. The maximum Gasteiger partial charge on any atom is 0.257 e. The van der Waals surface area contributed by atoms with Crippen LogP contribution in [0.1, 0.15) is 36.6 Å². The molecular formula is C23H27N5O.